The first-order valence-electron chi connectivity index (χ1n) is 7.70. The number of rotatable bonds is 4. The number of carboxylic acid groups (broad SMARTS) is 1. The van der Waals surface area contributed by atoms with Crippen LogP contribution in [0.4, 0.5) is 0 Å². The van der Waals surface area contributed by atoms with Crippen LogP contribution in [0.3, 0.4) is 0 Å². The fourth-order valence-corrected chi connectivity index (χ4v) is 3.22. The zero-order valence-corrected chi connectivity index (χ0v) is 12.5. The molecule has 1 N–H and O–H groups in total. The molecule has 0 spiro atoms. The van der Waals surface area contributed by atoms with E-state index < -0.39 is 5.97 Å². The van der Waals surface area contributed by atoms with E-state index >= 15 is 0 Å². The number of amides is 1. The second-order valence-corrected chi connectivity index (χ2v) is 6.52. The number of nitrogens with zero attached hydrogens (tertiary/aromatic N) is 2. The molecule has 2 aliphatic heterocycles. The van der Waals surface area contributed by atoms with Gasteiger partial charge in [0.2, 0.25) is 5.91 Å². The minimum Gasteiger partial charge on any atom is -0.481 e. The Kier molecular flexibility index (Phi) is 5.02. The monoisotopic (exact) mass is 282 g/mol. The number of piperidine rings is 1. The van der Waals surface area contributed by atoms with Crippen LogP contribution in [-0.2, 0) is 9.59 Å². The highest BCUT2D eigenvalue weighted by molar-refractivity contribution is 5.79. The fraction of sp³-hybridized carbons (Fsp3) is 0.867. The topological polar surface area (TPSA) is 60.9 Å². The van der Waals surface area contributed by atoms with Crippen molar-refractivity contribution in [1.82, 2.24) is 9.80 Å². The van der Waals surface area contributed by atoms with Gasteiger partial charge in [0.15, 0.2) is 0 Å². The highest BCUT2D eigenvalue weighted by atomic mass is 16.4. The van der Waals surface area contributed by atoms with E-state index in [4.69, 9.17) is 5.11 Å². The van der Waals surface area contributed by atoms with Gasteiger partial charge in [0, 0.05) is 19.6 Å². The first kappa shape index (κ1) is 15.3. The van der Waals surface area contributed by atoms with Crippen LogP contribution < -0.4 is 0 Å². The summed E-state index contributed by atoms with van der Waals surface area (Å²) in [5.74, 6) is 0.563. The van der Waals surface area contributed by atoms with Crippen LogP contribution in [0.2, 0.25) is 0 Å². The third kappa shape index (κ3) is 3.72. The SMILES string of the molecule is CC(C)C1CCN(CC(=O)N2CCC(C(=O)O)CC2)C1. The Bertz CT molecular complexity index is 362. The summed E-state index contributed by atoms with van der Waals surface area (Å²) in [7, 11) is 0. The second kappa shape index (κ2) is 6.57. The summed E-state index contributed by atoms with van der Waals surface area (Å²) in [6.45, 7) is 8.21. The zero-order chi connectivity index (χ0) is 14.7. The lowest BCUT2D eigenvalue weighted by Gasteiger charge is -2.31. The van der Waals surface area contributed by atoms with E-state index in [1.807, 2.05) is 4.90 Å². The Morgan fingerprint density at radius 3 is 2.30 bits per heavy atom. The lowest BCUT2D eigenvalue weighted by molar-refractivity contribution is -0.145. The summed E-state index contributed by atoms with van der Waals surface area (Å²) in [6, 6.07) is 0. The summed E-state index contributed by atoms with van der Waals surface area (Å²) in [5.41, 5.74) is 0. The van der Waals surface area contributed by atoms with Crippen molar-refractivity contribution in [2.24, 2.45) is 17.8 Å². The maximum absolute atomic E-state index is 12.2. The molecule has 20 heavy (non-hydrogen) atoms. The average Bonchev–Trinajstić information content (AvgIpc) is 2.87. The van der Waals surface area contributed by atoms with Crippen molar-refractivity contribution in [2.75, 3.05) is 32.7 Å². The molecule has 2 heterocycles. The smallest absolute Gasteiger partial charge is 0.306 e. The molecule has 5 heteroatoms. The van der Waals surface area contributed by atoms with Crippen molar-refractivity contribution in [3.8, 4) is 0 Å². The number of hydrogen-bond acceptors (Lipinski definition) is 3. The zero-order valence-electron chi connectivity index (χ0n) is 12.5. The Balaban J connectivity index is 1.75. The van der Waals surface area contributed by atoms with E-state index in [1.165, 1.54) is 6.42 Å². The van der Waals surface area contributed by atoms with Crippen LogP contribution in [-0.4, -0.2) is 59.5 Å². The Hall–Kier alpha value is -1.10. The minimum atomic E-state index is -0.726. The predicted octanol–water partition coefficient (Wildman–Crippen LogP) is 1.29. The van der Waals surface area contributed by atoms with Gasteiger partial charge < -0.3 is 10.0 Å². The number of aliphatic carboxylic acids is 1. The van der Waals surface area contributed by atoms with E-state index in [0.29, 0.717) is 44.3 Å². The Labute approximate surface area is 120 Å². The molecule has 0 aliphatic carbocycles. The van der Waals surface area contributed by atoms with Gasteiger partial charge in [-0.1, -0.05) is 13.8 Å². The van der Waals surface area contributed by atoms with Gasteiger partial charge in [-0.15, -0.1) is 0 Å². The van der Waals surface area contributed by atoms with Crippen molar-refractivity contribution >= 4 is 11.9 Å². The maximum Gasteiger partial charge on any atom is 0.306 e. The summed E-state index contributed by atoms with van der Waals surface area (Å²) in [6.07, 6.45) is 2.37. The van der Waals surface area contributed by atoms with Crippen molar-refractivity contribution in [2.45, 2.75) is 33.1 Å². The third-order valence-corrected chi connectivity index (χ3v) is 4.81. The second-order valence-electron chi connectivity index (χ2n) is 6.52. The minimum absolute atomic E-state index is 0.165. The molecule has 1 amide bonds. The molecule has 114 valence electrons. The number of carboxylic acids is 1. The van der Waals surface area contributed by atoms with Gasteiger partial charge in [-0.25, -0.2) is 0 Å². The van der Waals surface area contributed by atoms with Gasteiger partial charge in [-0.3, -0.25) is 14.5 Å². The molecule has 1 unspecified atom stereocenters. The number of carbonyl (C=O) groups excluding carboxylic acids is 1. The van der Waals surface area contributed by atoms with E-state index in [1.54, 1.807) is 0 Å². The molecule has 0 aromatic heterocycles. The summed E-state index contributed by atoms with van der Waals surface area (Å²) < 4.78 is 0. The lowest BCUT2D eigenvalue weighted by Crippen LogP contribution is -2.44. The molecule has 0 radical (unpaired) electrons. The molecular formula is C15H26N2O3. The Morgan fingerprint density at radius 1 is 1.15 bits per heavy atom. The van der Waals surface area contributed by atoms with E-state index in [-0.39, 0.29) is 11.8 Å². The summed E-state index contributed by atoms with van der Waals surface area (Å²) in [4.78, 5) is 27.2. The normalized spacial score (nSPS) is 25.4. The van der Waals surface area contributed by atoms with E-state index in [9.17, 15) is 9.59 Å². The number of hydrogen-bond donors (Lipinski definition) is 1. The summed E-state index contributed by atoms with van der Waals surface area (Å²) >= 11 is 0. The van der Waals surface area contributed by atoms with Gasteiger partial charge in [0.25, 0.3) is 0 Å². The third-order valence-electron chi connectivity index (χ3n) is 4.81. The predicted molar refractivity (Wildman–Crippen MR) is 76.3 cm³/mol. The maximum atomic E-state index is 12.2. The van der Waals surface area contributed by atoms with Crippen LogP contribution in [0.5, 0.6) is 0 Å². The highest BCUT2D eigenvalue weighted by Gasteiger charge is 2.30. The van der Waals surface area contributed by atoms with Crippen molar-refractivity contribution in [3.63, 3.8) is 0 Å². The van der Waals surface area contributed by atoms with Crippen LogP contribution in [0.1, 0.15) is 33.1 Å². The van der Waals surface area contributed by atoms with E-state index in [0.717, 1.165) is 13.1 Å². The van der Waals surface area contributed by atoms with Gasteiger partial charge in [-0.05, 0) is 37.6 Å². The Morgan fingerprint density at radius 2 is 1.80 bits per heavy atom. The molecule has 0 bridgehead atoms. The van der Waals surface area contributed by atoms with E-state index in [2.05, 4.69) is 18.7 Å². The molecule has 2 fully saturated rings. The molecule has 0 saturated carbocycles. The largest absolute Gasteiger partial charge is 0.481 e. The lowest BCUT2D eigenvalue weighted by atomic mass is 9.95. The van der Waals surface area contributed by atoms with Crippen LogP contribution in [0.15, 0.2) is 0 Å². The first-order chi connectivity index (χ1) is 9.47. The molecule has 2 aliphatic rings. The average molecular weight is 282 g/mol. The molecule has 0 aromatic rings. The molecule has 2 rings (SSSR count). The quantitative estimate of drug-likeness (QED) is 0.844. The fourth-order valence-electron chi connectivity index (χ4n) is 3.22. The molecule has 0 aromatic carbocycles. The van der Waals surface area contributed by atoms with Gasteiger partial charge in [0.1, 0.15) is 0 Å². The molecule has 1 atom stereocenters. The number of carbonyl (C=O) groups is 2. The molecule has 5 nitrogen and oxygen atoms in total. The molecule has 2 saturated heterocycles. The van der Waals surface area contributed by atoms with Crippen molar-refractivity contribution in [1.29, 1.82) is 0 Å². The van der Waals surface area contributed by atoms with Gasteiger partial charge in [-0.2, -0.15) is 0 Å². The van der Waals surface area contributed by atoms with Gasteiger partial charge in [0.05, 0.1) is 12.5 Å². The van der Waals surface area contributed by atoms with Crippen molar-refractivity contribution < 1.29 is 14.7 Å². The molecular weight excluding hydrogens is 256 g/mol. The van der Waals surface area contributed by atoms with Crippen LogP contribution >= 0.6 is 0 Å². The standard InChI is InChI=1S/C15H26N2O3/c1-11(2)13-3-6-16(9-13)10-14(18)17-7-4-12(5-8-17)15(19)20/h11-13H,3-10H2,1-2H3,(H,19,20). The van der Waals surface area contributed by atoms with Gasteiger partial charge >= 0.3 is 5.97 Å². The highest BCUT2D eigenvalue weighted by Crippen LogP contribution is 2.24. The van der Waals surface area contributed by atoms with Crippen molar-refractivity contribution in [3.05, 3.63) is 0 Å². The van der Waals surface area contributed by atoms with Crippen LogP contribution in [0.25, 0.3) is 0 Å². The first-order valence-corrected chi connectivity index (χ1v) is 7.70. The number of likely N-dealkylation sites (tertiary alicyclic amines) is 2. The summed E-state index contributed by atoms with van der Waals surface area (Å²) in [5, 5.41) is 8.96. The van der Waals surface area contributed by atoms with Crippen LogP contribution in [0, 0.1) is 17.8 Å².